The first-order valence-electron chi connectivity index (χ1n) is 3.19. The quantitative estimate of drug-likeness (QED) is 0.639. The Balaban J connectivity index is 2.46. The van der Waals surface area contributed by atoms with Gasteiger partial charge in [0, 0.05) is 12.4 Å². The zero-order chi connectivity index (χ0) is 7.52. The Morgan fingerprint density at radius 3 is 3.00 bits per heavy atom. The Hall–Kier alpha value is -1.22. The molecule has 0 aliphatic heterocycles. The van der Waals surface area contributed by atoms with Gasteiger partial charge in [-0.1, -0.05) is 6.07 Å². The molecule has 2 aromatic rings. The Kier molecular flexibility index (Phi) is 1.65. The molecular formula is C8H5N2S. The molecule has 0 saturated heterocycles. The van der Waals surface area contributed by atoms with E-state index in [0.717, 1.165) is 10.6 Å². The maximum atomic E-state index is 4.11. The highest BCUT2D eigenvalue weighted by atomic mass is 32.1. The van der Waals surface area contributed by atoms with Crippen molar-refractivity contribution >= 4 is 11.3 Å². The number of hydrogen-bond donors (Lipinski definition) is 0. The third kappa shape index (κ3) is 1.28. The normalized spacial score (nSPS) is 9.82. The maximum absolute atomic E-state index is 4.11. The Labute approximate surface area is 68.6 Å². The van der Waals surface area contributed by atoms with E-state index < -0.39 is 0 Å². The predicted octanol–water partition coefficient (Wildman–Crippen LogP) is 2.01. The van der Waals surface area contributed by atoms with Crippen molar-refractivity contribution in [2.24, 2.45) is 0 Å². The summed E-state index contributed by atoms with van der Waals surface area (Å²) in [6, 6.07) is 3.99. The summed E-state index contributed by atoms with van der Waals surface area (Å²) < 4.78 is 0. The van der Waals surface area contributed by atoms with Crippen LogP contribution in [0.25, 0.3) is 10.6 Å². The molecule has 0 aliphatic carbocycles. The maximum Gasteiger partial charge on any atom is 0.118 e. The van der Waals surface area contributed by atoms with Crippen molar-refractivity contribution < 1.29 is 0 Å². The van der Waals surface area contributed by atoms with Gasteiger partial charge in [0.1, 0.15) is 11.9 Å². The smallest absolute Gasteiger partial charge is 0.118 e. The van der Waals surface area contributed by atoms with Crippen LogP contribution >= 0.6 is 11.3 Å². The van der Waals surface area contributed by atoms with Crippen molar-refractivity contribution in [1.29, 1.82) is 0 Å². The molecule has 0 atom stereocenters. The Morgan fingerprint density at radius 1 is 1.36 bits per heavy atom. The van der Waals surface area contributed by atoms with E-state index in [-0.39, 0.29) is 0 Å². The Morgan fingerprint density at radius 2 is 2.36 bits per heavy atom. The molecule has 0 N–H and O–H groups in total. The summed E-state index contributed by atoms with van der Waals surface area (Å²) >= 11 is 1.64. The topological polar surface area (TPSA) is 25.8 Å². The highest BCUT2D eigenvalue weighted by molar-refractivity contribution is 7.13. The van der Waals surface area contributed by atoms with Gasteiger partial charge in [-0.05, 0) is 11.4 Å². The average Bonchev–Trinajstić information content (AvgIpc) is 2.58. The second-order valence-corrected chi connectivity index (χ2v) is 2.94. The van der Waals surface area contributed by atoms with E-state index in [1.165, 1.54) is 0 Å². The molecule has 2 heterocycles. The third-order valence-electron chi connectivity index (χ3n) is 1.27. The van der Waals surface area contributed by atoms with Crippen molar-refractivity contribution in [3.63, 3.8) is 0 Å². The average molecular weight is 161 g/mol. The predicted molar refractivity (Wildman–Crippen MR) is 44.2 cm³/mol. The Bertz CT molecular complexity index is 315. The molecule has 0 amide bonds. The number of aromatic nitrogens is 2. The first-order chi connectivity index (χ1) is 5.47. The standard InChI is InChI=1S/C8H5N2S/c1-2-8(11-5-1)7-6-9-3-4-10-7/h1-5H. The third-order valence-corrected chi connectivity index (χ3v) is 2.15. The molecule has 2 rings (SSSR count). The molecule has 2 aromatic heterocycles. The number of hydrogen-bond acceptors (Lipinski definition) is 3. The highest BCUT2D eigenvalue weighted by Crippen LogP contribution is 2.20. The van der Waals surface area contributed by atoms with Crippen LogP contribution in [-0.2, 0) is 0 Å². The van der Waals surface area contributed by atoms with Gasteiger partial charge in [-0.2, -0.15) is 0 Å². The van der Waals surface area contributed by atoms with E-state index in [0.29, 0.717) is 0 Å². The summed E-state index contributed by atoms with van der Waals surface area (Å²) in [5, 5.41) is 2.01. The lowest BCUT2D eigenvalue weighted by Gasteiger charge is -1.90. The monoisotopic (exact) mass is 161 g/mol. The molecule has 11 heavy (non-hydrogen) atoms. The van der Waals surface area contributed by atoms with Gasteiger partial charge in [0.2, 0.25) is 0 Å². The van der Waals surface area contributed by atoms with Gasteiger partial charge in [-0.25, -0.2) is 0 Å². The minimum absolute atomic E-state index is 0.822. The van der Waals surface area contributed by atoms with Crippen LogP contribution in [0.4, 0.5) is 0 Å². The van der Waals surface area contributed by atoms with Crippen LogP contribution in [0.2, 0.25) is 0 Å². The van der Waals surface area contributed by atoms with Crippen molar-refractivity contribution in [3.8, 4) is 10.6 Å². The lowest BCUT2D eigenvalue weighted by molar-refractivity contribution is 1.20. The molecule has 53 valence electrons. The molecule has 0 aromatic carbocycles. The minimum atomic E-state index is 0.822. The summed E-state index contributed by atoms with van der Waals surface area (Å²) in [4.78, 5) is 9.08. The van der Waals surface area contributed by atoms with E-state index in [1.807, 2.05) is 17.5 Å². The summed E-state index contributed by atoms with van der Waals surface area (Å²) in [5.74, 6) is 0. The second kappa shape index (κ2) is 2.80. The van der Waals surface area contributed by atoms with Crippen LogP contribution in [-0.4, -0.2) is 9.97 Å². The highest BCUT2D eigenvalue weighted by Gasteiger charge is 1.97. The molecule has 3 heteroatoms. The molecule has 1 radical (unpaired) electrons. The number of rotatable bonds is 1. The summed E-state index contributed by atoms with van der Waals surface area (Å²) in [6.07, 6.45) is 6.11. The number of nitrogens with zero attached hydrogens (tertiary/aromatic N) is 2. The van der Waals surface area contributed by atoms with Crippen LogP contribution in [0, 0.1) is 6.20 Å². The molecule has 0 saturated carbocycles. The fourth-order valence-electron chi connectivity index (χ4n) is 0.800. The van der Waals surface area contributed by atoms with Crippen LogP contribution < -0.4 is 0 Å². The zero-order valence-corrected chi connectivity index (χ0v) is 6.51. The number of thiophene rings is 1. The fraction of sp³-hybridized carbons (Fsp3) is 0. The molecule has 0 spiro atoms. The van der Waals surface area contributed by atoms with Gasteiger partial charge in [0.05, 0.1) is 4.88 Å². The second-order valence-electron chi connectivity index (χ2n) is 1.99. The van der Waals surface area contributed by atoms with E-state index in [4.69, 9.17) is 0 Å². The van der Waals surface area contributed by atoms with Gasteiger partial charge >= 0.3 is 0 Å². The van der Waals surface area contributed by atoms with Crippen molar-refractivity contribution in [1.82, 2.24) is 9.97 Å². The lowest BCUT2D eigenvalue weighted by Crippen LogP contribution is -1.79. The minimum Gasteiger partial charge on any atom is -0.251 e. The van der Waals surface area contributed by atoms with Crippen LogP contribution in [0.5, 0.6) is 0 Å². The van der Waals surface area contributed by atoms with Crippen LogP contribution in [0.15, 0.2) is 29.9 Å². The molecule has 0 aliphatic rings. The van der Waals surface area contributed by atoms with Crippen LogP contribution in [0.3, 0.4) is 0 Å². The largest absolute Gasteiger partial charge is 0.251 e. The first kappa shape index (κ1) is 6.49. The van der Waals surface area contributed by atoms with Gasteiger partial charge < -0.3 is 0 Å². The lowest BCUT2D eigenvalue weighted by atomic mass is 10.4. The first-order valence-corrected chi connectivity index (χ1v) is 4.07. The van der Waals surface area contributed by atoms with E-state index in [2.05, 4.69) is 16.2 Å². The molecular weight excluding hydrogens is 156 g/mol. The zero-order valence-electron chi connectivity index (χ0n) is 5.69. The molecule has 2 nitrogen and oxygen atoms in total. The molecule has 0 fully saturated rings. The van der Waals surface area contributed by atoms with E-state index >= 15 is 0 Å². The summed E-state index contributed by atoms with van der Waals surface area (Å²) in [7, 11) is 0. The van der Waals surface area contributed by atoms with Crippen LogP contribution in [0.1, 0.15) is 0 Å². The summed E-state index contributed by atoms with van der Waals surface area (Å²) in [6.45, 7) is 0. The SMILES string of the molecule is [c]1nccnc1-c1cccs1. The van der Waals surface area contributed by atoms with Crippen molar-refractivity contribution in [2.45, 2.75) is 0 Å². The summed E-state index contributed by atoms with van der Waals surface area (Å²) in [5.41, 5.74) is 0.822. The van der Waals surface area contributed by atoms with Crippen molar-refractivity contribution in [3.05, 3.63) is 36.1 Å². The van der Waals surface area contributed by atoms with Gasteiger partial charge in [0.15, 0.2) is 0 Å². The van der Waals surface area contributed by atoms with Gasteiger partial charge in [0.25, 0.3) is 0 Å². The van der Waals surface area contributed by atoms with Gasteiger partial charge in [-0.15, -0.1) is 11.3 Å². The van der Waals surface area contributed by atoms with E-state index in [1.54, 1.807) is 23.7 Å². The van der Waals surface area contributed by atoms with Gasteiger partial charge in [-0.3, -0.25) is 9.97 Å². The van der Waals surface area contributed by atoms with E-state index in [9.17, 15) is 0 Å². The molecule has 0 unspecified atom stereocenters. The molecule has 0 bridgehead atoms. The fourth-order valence-corrected chi connectivity index (χ4v) is 1.47. The van der Waals surface area contributed by atoms with Crippen molar-refractivity contribution in [2.75, 3.05) is 0 Å².